The average molecular weight is 304 g/mol. The molecule has 92 valence electrons. The Morgan fingerprint density at radius 1 is 1.17 bits per heavy atom. The summed E-state index contributed by atoms with van der Waals surface area (Å²) in [5.41, 5.74) is 1.78. The molecule has 2 nitrogen and oxygen atoms in total. The van der Waals surface area contributed by atoms with E-state index in [0.717, 1.165) is 28.6 Å². The van der Waals surface area contributed by atoms with Crippen LogP contribution in [0.15, 0.2) is 52.7 Å². The van der Waals surface area contributed by atoms with Gasteiger partial charge >= 0.3 is 0 Å². The summed E-state index contributed by atoms with van der Waals surface area (Å²) in [4.78, 5) is 12.5. The minimum absolute atomic E-state index is 0.155. The van der Waals surface area contributed by atoms with Gasteiger partial charge in [-0.15, -0.1) is 0 Å². The Morgan fingerprint density at radius 3 is 2.56 bits per heavy atom. The molecule has 2 aliphatic carbocycles. The highest BCUT2D eigenvalue weighted by Gasteiger charge is 2.30. The first-order chi connectivity index (χ1) is 8.75. The van der Waals surface area contributed by atoms with Crippen LogP contribution in [0.4, 0.5) is 0 Å². The first kappa shape index (κ1) is 11.7. The van der Waals surface area contributed by atoms with Crippen LogP contribution in [0.2, 0.25) is 0 Å². The molecule has 1 fully saturated rings. The maximum atomic E-state index is 12.5. The van der Waals surface area contributed by atoms with E-state index in [1.54, 1.807) is 0 Å². The molecule has 0 amide bonds. The second kappa shape index (κ2) is 4.73. The van der Waals surface area contributed by atoms with Gasteiger partial charge in [-0.1, -0.05) is 36.4 Å². The van der Waals surface area contributed by atoms with Gasteiger partial charge in [0.25, 0.3) is 0 Å². The number of ketones is 1. The van der Waals surface area contributed by atoms with E-state index in [-0.39, 0.29) is 11.7 Å². The number of benzene rings is 1. The summed E-state index contributed by atoms with van der Waals surface area (Å²) in [5, 5.41) is 3.32. The summed E-state index contributed by atoms with van der Waals surface area (Å²) in [6.07, 6.45) is 6.26. The monoisotopic (exact) mass is 303 g/mol. The Bertz CT molecular complexity index is 529. The number of Topliss-reactive ketones (excluding diaryl/α,β-unsaturated/α-hetero) is 1. The third-order valence-corrected chi connectivity index (χ3v) is 3.95. The van der Waals surface area contributed by atoms with Crippen LogP contribution in [0.3, 0.4) is 0 Å². The van der Waals surface area contributed by atoms with Crippen LogP contribution in [-0.2, 0) is 4.79 Å². The zero-order chi connectivity index (χ0) is 12.5. The predicted molar refractivity (Wildman–Crippen MR) is 75.4 cm³/mol. The number of carbonyl (C=O) groups excluding carboxylic acids is 1. The van der Waals surface area contributed by atoms with E-state index in [4.69, 9.17) is 0 Å². The van der Waals surface area contributed by atoms with E-state index in [0.29, 0.717) is 6.04 Å². The zero-order valence-electron chi connectivity index (χ0n) is 9.90. The molecule has 0 saturated heterocycles. The second-order valence-electron chi connectivity index (χ2n) is 4.75. The van der Waals surface area contributed by atoms with Crippen molar-refractivity contribution in [2.45, 2.75) is 24.8 Å². The largest absolute Gasteiger partial charge is 0.378 e. The molecule has 1 aromatic rings. The molecular weight excluding hydrogens is 290 g/mol. The third-order valence-electron chi connectivity index (χ3n) is 3.29. The second-order valence-corrected chi connectivity index (χ2v) is 5.61. The van der Waals surface area contributed by atoms with Crippen molar-refractivity contribution in [1.82, 2.24) is 5.32 Å². The minimum atomic E-state index is -0.159. The molecule has 1 aromatic carbocycles. The Labute approximate surface area is 115 Å². The third kappa shape index (κ3) is 2.27. The summed E-state index contributed by atoms with van der Waals surface area (Å²) in [7, 11) is 0. The molecule has 0 spiro atoms. The minimum Gasteiger partial charge on any atom is -0.378 e. The Kier molecular flexibility index (Phi) is 3.08. The van der Waals surface area contributed by atoms with E-state index in [2.05, 4.69) is 21.2 Å². The van der Waals surface area contributed by atoms with E-state index >= 15 is 0 Å². The number of allylic oxidation sites excluding steroid dienone is 4. The van der Waals surface area contributed by atoms with E-state index in [1.807, 2.05) is 42.5 Å². The highest BCUT2D eigenvalue weighted by atomic mass is 79.9. The number of nitrogens with one attached hydrogen (secondary N) is 1. The molecule has 0 bridgehead atoms. The molecule has 18 heavy (non-hydrogen) atoms. The number of rotatable bonds is 3. The van der Waals surface area contributed by atoms with Crippen molar-refractivity contribution in [2.75, 3.05) is 0 Å². The summed E-state index contributed by atoms with van der Waals surface area (Å²) in [6.45, 7) is 0. The SMILES string of the molecule is O=C1C(NC2CC2)=C(Br)C=C[C@@H]1c1ccccc1. The molecule has 1 atom stereocenters. The molecule has 0 heterocycles. The molecule has 3 heteroatoms. The maximum Gasteiger partial charge on any atom is 0.191 e. The van der Waals surface area contributed by atoms with E-state index < -0.39 is 0 Å². The van der Waals surface area contributed by atoms with Gasteiger partial charge in [0, 0.05) is 10.5 Å². The van der Waals surface area contributed by atoms with Gasteiger partial charge < -0.3 is 5.32 Å². The lowest BCUT2D eigenvalue weighted by molar-refractivity contribution is -0.116. The lowest BCUT2D eigenvalue weighted by atomic mass is 9.89. The molecule has 0 aliphatic heterocycles. The molecular formula is C15H14BrNO. The summed E-state index contributed by atoms with van der Waals surface area (Å²) < 4.78 is 0.867. The Hall–Kier alpha value is -1.35. The van der Waals surface area contributed by atoms with Crippen molar-refractivity contribution in [3.05, 3.63) is 58.2 Å². The Morgan fingerprint density at radius 2 is 1.89 bits per heavy atom. The van der Waals surface area contributed by atoms with Crippen molar-refractivity contribution in [2.24, 2.45) is 0 Å². The van der Waals surface area contributed by atoms with Crippen LogP contribution >= 0.6 is 15.9 Å². The number of halogens is 1. The fraction of sp³-hybridized carbons (Fsp3) is 0.267. The number of carbonyl (C=O) groups is 1. The average Bonchev–Trinajstić information content (AvgIpc) is 3.20. The zero-order valence-corrected chi connectivity index (χ0v) is 11.5. The van der Waals surface area contributed by atoms with Gasteiger partial charge in [-0.2, -0.15) is 0 Å². The normalized spacial score (nSPS) is 23.4. The van der Waals surface area contributed by atoms with Gasteiger partial charge in [-0.25, -0.2) is 0 Å². The Balaban J connectivity index is 1.88. The van der Waals surface area contributed by atoms with Crippen molar-refractivity contribution >= 4 is 21.7 Å². The molecule has 0 radical (unpaired) electrons. The fourth-order valence-corrected chi connectivity index (χ4v) is 2.58. The van der Waals surface area contributed by atoms with E-state index in [1.165, 1.54) is 0 Å². The molecule has 3 rings (SSSR count). The van der Waals surface area contributed by atoms with Crippen molar-refractivity contribution in [3.63, 3.8) is 0 Å². The number of hydrogen-bond donors (Lipinski definition) is 1. The van der Waals surface area contributed by atoms with Gasteiger partial charge in [0.05, 0.1) is 11.6 Å². The maximum absolute atomic E-state index is 12.5. The number of hydrogen-bond acceptors (Lipinski definition) is 2. The van der Waals surface area contributed by atoms with Crippen molar-refractivity contribution < 1.29 is 4.79 Å². The van der Waals surface area contributed by atoms with Gasteiger partial charge in [0.15, 0.2) is 5.78 Å². The summed E-state index contributed by atoms with van der Waals surface area (Å²) >= 11 is 3.46. The topological polar surface area (TPSA) is 29.1 Å². The smallest absolute Gasteiger partial charge is 0.191 e. The van der Waals surface area contributed by atoms with Gasteiger partial charge in [-0.3, -0.25) is 4.79 Å². The van der Waals surface area contributed by atoms with Gasteiger partial charge in [-0.05, 0) is 40.4 Å². The molecule has 1 N–H and O–H groups in total. The van der Waals surface area contributed by atoms with Crippen LogP contribution in [0.1, 0.15) is 24.3 Å². The lowest BCUT2D eigenvalue weighted by Crippen LogP contribution is -2.28. The highest BCUT2D eigenvalue weighted by molar-refractivity contribution is 9.12. The predicted octanol–water partition coefficient (Wildman–Crippen LogP) is 3.27. The van der Waals surface area contributed by atoms with Gasteiger partial charge in [0.1, 0.15) is 0 Å². The molecule has 0 unspecified atom stereocenters. The fourth-order valence-electron chi connectivity index (χ4n) is 2.12. The van der Waals surface area contributed by atoms with Crippen LogP contribution in [-0.4, -0.2) is 11.8 Å². The molecule has 0 aromatic heterocycles. The van der Waals surface area contributed by atoms with Crippen LogP contribution < -0.4 is 5.32 Å². The van der Waals surface area contributed by atoms with Crippen LogP contribution in [0.25, 0.3) is 0 Å². The summed E-state index contributed by atoms with van der Waals surface area (Å²) in [6, 6.07) is 10.4. The molecule has 1 saturated carbocycles. The van der Waals surface area contributed by atoms with E-state index in [9.17, 15) is 4.79 Å². The molecule has 2 aliphatic rings. The first-order valence-electron chi connectivity index (χ1n) is 6.19. The van der Waals surface area contributed by atoms with Crippen LogP contribution in [0.5, 0.6) is 0 Å². The standard InChI is InChI=1S/C15H14BrNO/c16-13-9-8-12(10-4-2-1-3-5-10)15(18)14(13)17-11-6-7-11/h1-5,8-9,11-12,17H,6-7H2/t12-/m1/s1. The first-order valence-corrected chi connectivity index (χ1v) is 6.98. The van der Waals surface area contributed by atoms with Crippen molar-refractivity contribution in [1.29, 1.82) is 0 Å². The quantitative estimate of drug-likeness (QED) is 0.928. The summed E-state index contributed by atoms with van der Waals surface area (Å²) in [5.74, 6) is -0.00350. The van der Waals surface area contributed by atoms with Crippen molar-refractivity contribution in [3.8, 4) is 0 Å². The highest BCUT2D eigenvalue weighted by Crippen LogP contribution is 2.31. The van der Waals surface area contributed by atoms with Crippen LogP contribution in [0, 0.1) is 0 Å². The lowest BCUT2D eigenvalue weighted by Gasteiger charge is -2.20. The van der Waals surface area contributed by atoms with Gasteiger partial charge in [0.2, 0.25) is 0 Å².